The van der Waals surface area contributed by atoms with Crippen molar-refractivity contribution in [3.8, 4) is 0 Å². The fourth-order valence-electron chi connectivity index (χ4n) is 5.49. The number of anilines is 1. The summed E-state index contributed by atoms with van der Waals surface area (Å²) in [5, 5.41) is 11.1. The molecule has 1 fully saturated rings. The first kappa shape index (κ1) is 29.0. The third-order valence-electron chi connectivity index (χ3n) is 7.33. The number of aliphatic hydroxyl groups excluding tert-OH is 1. The highest BCUT2D eigenvalue weighted by atomic mass is 32.1. The maximum absolute atomic E-state index is 15.7. The predicted octanol–water partition coefficient (Wildman–Crippen LogP) is 5.34. The average Bonchev–Trinajstić information content (AvgIpc) is 3.41. The molecule has 6 nitrogen and oxygen atoms in total. The Kier molecular flexibility index (Phi) is 7.78. The maximum Gasteiger partial charge on any atom is 0.443 e. The van der Waals surface area contributed by atoms with Crippen molar-refractivity contribution in [3.05, 3.63) is 45.6 Å². The van der Waals surface area contributed by atoms with Crippen molar-refractivity contribution < 1.29 is 40.2 Å². The van der Waals surface area contributed by atoms with Crippen LogP contribution >= 0.6 is 11.3 Å². The van der Waals surface area contributed by atoms with E-state index in [1.54, 1.807) is 0 Å². The number of aromatic nitrogens is 2. The molecule has 0 amide bonds. The van der Waals surface area contributed by atoms with E-state index in [4.69, 9.17) is 0 Å². The van der Waals surface area contributed by atoms with Gasteiger partial charge in [-0.3, -0.25) is 14.2 Å². The summed E-state index contributed by atoms with van der Waals surface area (Å²) < 4.78 is 112. The van der Waals surface area contributed by atoms with E-state index in [1.165, 1.54) is 6.92 Å². The smallest absolute Gasteiger partial charge is 0.390 e. The van der Waals surface area contributed by atoms with E-state index in [-0.39, 0.29) is 34.2 Å². The number of fused-ring (bicyclic) bond motifs is 3. The lowest BCUT2D eigenvalue weighted by atomic mass is 9.88. The normalized spacial score (nSPS) is 21.1. The van der Waals surface area contributed by atoms with Crippen LogP contribution in [-0.4, -0.2) is 82.3 Å². The van der Waals surface area contributed by atoms with E-state index in [0.717, 1.165) is 17.0 Å². The molecule has 0 unspecified atom stereocenters. The zero-order valence-corrected chi connectivity index (χ0v) is 22.1. The van der Waals surface area contributed by atoms with Gasteiger partial charge in [-0.15, -0.1) is 11.3 Å². The molecule has 0 bridgehead atoms. The number of likely N-dealkylation sites (tertiary alicyclic amines) is 1. The summed E-state index contributed by atoms with van der Waals surface area (Å²) in [7, 11) is 0. The van der Waals surface area contributed by atoms with Gasteiger partial charge in [0, 0.05) is 42.6 Å². The summed E-state index contributed by atoms with van der Waals surface area (Å²) in [4.78, 5) is 9.45. The number of hydrogen-bond donors (Lipinski definition) is 3. The van der Waals surface area contributed by atoms with Gasteiger partial charge in [0.1, 0.15) is 23.9 Å². The zero-order valence-electron chi connectivity index (χ0n) is 21.3. The lowest BCUT2D eigenvalue weighted by Crippen LogP contribution is -2.54. The number of H-pyrrole nitrogens is 1. The number of benzene rings is 1. The number of halogens is 8. The van der Waals surface area contributed by atoms with Gasteiger partial charge in [-0.1, -0.05) is 0 Å². The van der Waals surface area contributed by atoms with Gasteiger partial charge in [0.2, 0.25) is 5.01 Å². The lowest BCUT2D eigenvalue weighted by molar-refractivity contribution is -0.137. The minimum Gasteiger partial charge on any atom is -0.390 e. The molecule has 1 aromatic carbocycles. The van der Waals surface area contributed by atoms with Crippen LogP contribution in [0.5, 0.6) is 0 Å². The number of aromatic amines is 1. The molecule has 5 rings (SSSR count). The molecule has 15 heteroatoms. The number of hydrogen-bond acceptors (Lipinski definition) is 6. The van der Waals surface area contributed by atoms with Crippen LogP contribution < -0.4 is 5.32 Å². The Morgan fingerprint density at radius 1 is 1.15 bits per heavy atom. The van der Waals surface area contributed by atoms with Crippen LogP contribution in [-0.2, 0) is 12.6 Å². The summed E-state index contributed by atoms with van der Waals surface area (Å²) in [6.07, 6.45) is -4.28. The van der Waals surface area contributed by atoms with Crippen LogP contribution in [0, 0.1) is 11.6 Å². The van der Waals surface area contributed by atoms with Gasteiger partial charge in [-0.25, -0.2) is 22.5 Å². The Balaban J connectivity index is 1.52. The molecule has 220 valence electrons. The van der Waals surface area contributed by atoms with E-state index in [9.17, 15) is 31.4 Å². The summed E-state index contributed by atoms with van der Waals surface area (Å²) >= 11 is 0.379. The fourth-order valence-corrected chi connectivity index (χ4v) is 6.45. The van der Waals surface area contributed by atoms with E-state index >= 15 is 8.78 Å². The van der Waals surface area contributed by atoms with Crippen molar-refractivity contribution in [1.82, 2.24) is 19.8 Å². The van der Waals surface area contributed by atoms with Crippen LogP contribution in [0.2, 0.25) is 0 Å². The van der Waals surface area contributed by atoms with Gasteiger partial charge in [0.15, 0.2) is 0 Å². The highest BCUT2D eigenvalue weighted by Gasteiger charge is 2.45. The molecule has 0 radical (unpaired) electrons. The van der Waals surface area contributed by atoms with Gasteiger partial charge < -0.3 is 15.4 Å². The lowest BCUT2D eigenvalue weighted by Gasteiger charge is -2.42. The highest BCUT2D eigenvalue weighted by molar-refractivity contribution is 7.18. The molecule has 3 aromatic rings. The molecule has 40 heavy (non-hydrogen) atoms. The summed E-state index contributed by atoms with van der Waals surface area (Å²) in [6, 6.07) is -0.229. The predicted molar refractivity (Wildman–Crippen MR) is 134 cm³/mol. The molecule has 2 aromatic heterocycles. The molecule has 2 aliphatic heterocycles. The molecule has 4 heterocycles. The number of aliphatic hydroxyl groups is 1. The van der Waals surface area contributed by atoms with E-state index < -0.39 is 66.2 Å². The number of nitrogens with one attached hydrogen (secondary N) is 2. The first-order valence-corrected chi connectivity index (χ1v) is 13.5. The first-order valence-electron chi connectivity index (χ1n) is 12.7. The highest BCUT2D eigenvalue weighted by Crippen LogP contribution is 2.46. The fraction of sp³-hybridized carbons (Fsp3) is 0.560. The second kappa shape index (κ2) is 10.7. The molecule has 0 saturated carbocycles. The minimum absolute atomic E-state index is 0.0241. The van der Waals surface area contributed by atoms with Gasteiger partial charge in [-0.2, -0.15) is 13.2 Å². The number of rotatable bonds is 9. The number of alkyl halides is 6. The second-order valence-corrected chi connectivity index (χ2v) is 11.3. The van der Waals surface area contributed by atoms with Crippen molar-refractivity contribution in [3.63, 3.8) is 0 Å². The minimum atomic E-state index is -4.70. The van der Waals surface area contributed by atoms with Crippen molar-refractivity contribution in [2.24, 2.45) is 0 Å². The maximum atomic E-state index is 15.7. The van der Waals surface area contributed by atoms with Crippen molar-refractivity contribution in [2.75, 3.05) is 44.8 Å². The molecular formula is C25H27F8N5OS. The standard InChI is InChI=1S/C25H27F8N5OS/c1-12-5-15-19(35-22-21(15)40-23(36-22)25(31,32)33)20(38(12)10-24(29,30)11-39)18-16(27)6-13(7-17(18)28)34-14-8-37(9-14)4-2-3-26/h6-7,12,14,20,34-35,39H,2-5,8-11H2,1H3/t12-,20-/m0/s1. The molecule has 2 atom stereocenters. The Morgan fingerprint density at radius 2 is 1.82 bits per heavy atom. The van der Waals surface area contributed by atoms with E-state index in [0.29, 0.717) is 43.0 Å². The average molecular weight is 598 g/mol. The van der Waals surface area contributed by atoms with Crippen LogP contribution in [0.15, 0.2) is 12.1 Å². The summed E-state index contributed by atoms with van der Waals surface area (Å²) in [5.74, 6) is -5.66. The zero-order chi connectivity index (χ0) is 29.0. The van der Waals surface area contributed by atoms with Crippen molar-refractivity contribution >= 4 is 27.4 Å². The Hall–Kier alpha value is -2.49. The van der Waals surface area contributed by atoms with E-state index in [1.807, 2.05) is 4.90 Å². The van der Waals surface area contributed by atoms with Gasteiger partial charge in [-0.05, 0) is 37.5 Å². The summed E-state index contributed by atoms with van der Waals surface area (Å²) in [5.41, 5.74) is -0.149. The van der Waals surface area contributed by atoms with Gasteiger partial charge >= 0.3 is 6.18 Å². The van der Waals surface area contributed by atoms with Crippen LogP contribution in [0.3, 0.4) is 0 Å². The molecule has 0 aliphatic carbocycles. The van der Waals surface area contributed by atoms with Crippen molar-refractivity contribution in [1.29, 1.82) is 0 Å². The number of thiazole rings is 1. The van der Waals surface area contributed by atoms with Gasteiger partial charge in [0.25, 0.3) is 5.92 Å². The molecule has 0 spiro atoms. The third kappa shape index (κ3) is 5.52. The van der Waals surface area contributed by atoms with Crippen LogP contribution in [0.4, 0.5) is 40.8 Å². The van der Waals surface area contributed by atoms with E-state index in [2.05, 4.69) is 15.3 Å². The van der Waals surface area contributed by atoms with Crippen molar-refractivity contribution in [2.45, 2.75) is 50.0 Å². The third-order valence-corrected chi connectivity index (χ3v) is 8.49. The Morgan fingerprint density at radius 3 is 2.42 bits per heavy atom. The van der Waals surface area contributed by atoms with Crippen LogP contribution in [0.25, 0.3) is 10.3 Å². The number of nitrogens with zero attached hydrogens (tertiary/aromatic N) is 3. The largest absolute Gasteiger partial charge is 0.443 e. The second-order valence-electron chi connectivity index (χ2n) is 10.4. The molecule has 1 saturated heterocycles. The Labute approximate surface area is 228 Å². The van der Waals surface area contributed by atoms with Gasteiger partial charge in [0.05, 0.1) is 30.0 Å². The topological polar surface area (TPSA) is 67.4 Å². The monoisotopic (exact) mass is 597 g/mol. The molecular weight excluding hydrogens is 570 g/mol. The Bertz CT molecular complexity index is 1350. The quantitative estimate of drug-likeness (QED) is 0.291. The SMILES string of the molecule is C[C@H]1Cc2c([nH]c3nc(C(F)(F)F)sc23)[C@H](c2c(F)cc(NC3CN(CCCF)C3)cc2F)N1CC(F)(F)CO. The van der Waals surface area contributed by atoms with Crippen LogP contribution in [0.1, 0.15) is 41.2 Å². The first-order chi connectivity index (χ1) is 18.8. The molecule has 3 N–H and O–H groups in total. The summed E-state index contributed by atoms with van der Waals surface area (Å²) in [6.45, 7) is 0.246. The molecule has 2 aliphatic rings.